The predicted octanol–water partition coefficient (Wildman–Crippen LogP) is 2.02. The maximum absolute atomic E-state index is 12.9. The Bertz CT molecular complexity index is 453. The molecule has 0 saturated carbocycles. The van der Waals surface area contributed by atoms with Gasteiger partial charge >= 0.3 is 0 Å². The Morgan fingerprint density at radius 2 is 2.20 bits per heavy atom. The van der Waals surface area contributed by atoms with Gasteiger partial charge in [-0.1, -0.05) is 0 Å². The number of aliphatic hydroxyl groups excluding tert-OH is 1. The number of rotatable bonds is 4. The fraction of sp³-hybridized carbons (Fsp3) is 0.364. The van der Waals surface area contributed by atoms with Crippen LogP contribution in [-0.4, -0.2) is 21.7 Å². The van der Waals surface area contributed by atoms with Crippen LogP contribution in [-0.2, 0) is 6.42 Å². The summed E-state index contributed by atoms with van der Waals surface area (Å²) in [5, 5.41) is 8.64. The standard InChI is InChI=1S/C11H13FN2O/c12-8-4-5-9-10(7-8)14-11(13-9)3-1-2-6-15/h4-5,7,15H,1-3,6H2,(H,13,14). The van der Waals surface area contributed by atoms with Gasteiger partial charge in [-0.15, -0.1) is 0 Å². The molecule has 0 fully saturated rings. The van der Waals surface area contributed by atoms with Crippen molar-refractivity contribution in [3.63, 3.8) is 0 Å². The Kier molecular flexibility index (Phi) is 2.97. The van der Waals surface area contributed by atoms with Crippen LogP contribution in [0.3, 0.4) is 0 Å². The molecule has 80 valence electrons. The molecule has 0 amide bonds. The van der Waals surface area contributed by atoms with Crippen molar-refractivity contribution in [3.05, 3.63) is 29.8 Å². The number of unbranched alkanes of at least 4 members (excludes halogenated alkanes) is 1. The predicted molar refractivity (Wildman–Crippen MR) is 56.1 cm³/mol. The molecule has 0 aliphatic heterocycles. The first kappa shape index (κ1) is 10.1. The molecule has 0 aliphatic rings. The molecule has 0 atom stereocenters. The lowest BCUT2D eigenvalue weighted by Crippen LogP contribution is -1.90. The topological polar surface area (TPSA) is 48.9 Å². The second-order valence-corrected chi connectivity index (χ2v) is 3.53. The van der Waals surface area contributed by atoms with Crippen LogP contribution < -0.4 is 0 Å². The van der Waals surface area contributed by atoms with E-state index in [1.54, 1.807) is 6.07 Å². The van der Waals surface area contributed by atoms with Crippen LogP contribution >= 0.6 is 0 Å². The Labute approximate surface area is 87.0 Å². The monoisotopic (exact) mass is 208 g/mol. The van der Waals surface area contributed by atoms with E-state index < -0.39 is 0 Å². The Morgan fingerprint density at radius 3 is 3.00 bits per heavy atom. The Hall–Kier alpha value is -1.42. The van der Waals surface area contributed by atoms with Crippen LogP contribution in [0.4, 0.5) is 4.39 Å². The van der Waals surface area contributed by atoms with E-state index in [-0.39, 0.29) is 12.4 Å². The second-order valence-electron chi connectivity index (χ2n) is 3.53. The third-order valence-electron chi connectivity index (χ3n) is 2.31. The minimum absolute atomic E-state index is 0.203. The van der Waals surface area contributed by atoms with Crippen molar-refractivity contribution in [1.29, 1.82) is 0 Å². The van der Waals surface area contributed by atoms with Gasteiger partial charge in [0.2, 0.25) is 0 Å². The molecule has 0 spiro atoms. The number of aliphatic hydroxyl groups is 1. The number of benzene rings is 1. The van der Waals surface area contributed by atoms with Crippen LogP contribution in [0.25, 0.3) is 11.0 Å². The van der Waals surface area contributed by atoms with Gasteiger partial charge in [0.05, 0.1) is 11.0 Å². The van der Waals surface area contributed by atoms with Crippen LogP contribution in [0.1, 0.15) is 18.7 Å². The minimum atomic E-state index is -0.256. The third-order valence-corrected chi connectivity index (χ3v) is 2.31. The highest BCUT2D eigenvalue weighted by atomic mass is 19.1. The van der Waals surface area contributed by atoms with Gasteiger partial charge in [0.1, 0.15) is 11.6 Å². The average Bonchev–Trinajstić information content (AvgIpc) is 2.60. The minimum Gasteiger partial charge on any atom is -0.396 e. The van der Waals surface area contributed by atoms with Crippen molar-refractivity contribution in [2.75, 3.05) is 6.61 Å². The van der Waals surface area contributed by atoms with E-state index in [2.05, 4.69) is 9.97 Å². The second kappa shape index (κ2) is 4.40. The molecule has 0 saturated heterocycles. The first-order chi connectivity index (χ1) is 7.29. The molecule has 4 heteroatoms. The average molecular weight is 208 g/mol. The highest BCUT2D eigenvalue weighted by Crippen LogP contribution is 2.13. The molecule has 1 aromatic heterocycles. The molecule has 0 aliphatic carbocycles. The molecular weight excluding hydrogens is 195 g/mol. The van der Waals surface area contributed by atoms with E-state index in [9.17, 15) is 4.39 Å². The number of halogens is 1. The van der Waals surface area contributed by atoms with E-state index in [4.69, 9.17) is 5.11 Å². The molecule has 2 N–H and O–H groups in total. The molecule has 0 bridgehead atoms. The van der Waals surface area contributed by atoms with Crippen molar-refractivity contribution in [2.24, 2.45) is 0 Å². The summed E-state index contributed by atoms with van der Waals surface area (Å²) in [6.45, 7) is 0.203. The number of fused-ring (bicyclic) bond motifs is 1. The summed E-state index contributed by atoms with van der Waals surface area (Å²) >= 11 is 0. The molecule has 1 heterocycles. The molecule has 0 radical (unpaired) electrons. The summed E-state index contributed by atoms with van der Waals surface area (Å²) < 4.78 is 12.9. The first-order valence-electron chi connectivity index (χ1n) is 5.04. The molecule has 1 aromatic carbocycles. The maximum Gasteiger partial charge on any atom is 0.125 e. The first-order valence-corrected chi connectivity index (χ1v) is 5.04. The SMILES string of the molecule is OCCCCc1nc2ccc(F)cc2[nH]1. The molecule has 2 rings (SSSR count). The number of aryl methyl sites for hydroxylation is 1. The van der Waals surface area contributed by atoms with E-state index in [1.807, 2.05) is 0 Å². The number of imidazole rings is 1. The van der Waals surface area contributed by atoms with Crippen LogP contribution in [0.5, 0.6) is 0 Å². The fourth-order valence-corrected chi connectivity index (χ4v) is 1.56. The van der Waals surface area contributed by atoms with Gasteiger partial charge in [-0.2, -0.15) is 0 Å². The smallest absolute Gasteiger partial charge is 0.125 e. The van der Waals surface area contributed by atoms with Crippen molar-refractivity contribution in [3.8, 4) is 0 Å². The van der Waals surface area contributed by atoms with Crippen molar-refractivity contribution >= 4 is 11.0 Å². The van der Waals surface area contributed by atoms with Crippen LogP contribution in [0, 0.1) is 5.82 Å². The van der Waals surface area contributed by atoms with Crippen molar-refractivity contribution in [1.82, 2.24) is 9.97 Å². The van der Waals surface area contributed by atoms with E-state index in [0.717, 1.165) is 36.1 Å². The summed E-state index contributed by atoms with van der Waals surface area (Å²) in [6.07, 6.45) is 2.45. The van der Waals surface area contributed by atoms with Gasteiger partial charge < -0.3 is 10.1 Å². The number of hydrogen-bond donors (Lipinski definition) is 2. The Morgan fingerprint density at radius 1 is 1.33 bits per heavy atom. The van der Waals surface area contributed by atoms with E-state index >= 15 is 0 Å². The fourth-order valence-electron chi connectivity index (χ4n) is 1.56. The van der Waals surface area contributed by atoms with Crippen molar-refractivity contribution < 1.29 is 9.50 Å². The zero-order valence-electron chi connectivity index (χ0n) is 8.33. The van der Waals surface area contributed by atoms with Gasteiger partial charge in [0, 0.05) is 13.0 Å². The number of H-pyrrole nitrogens is 1. The molecule has 2 aromatic rings. The van der Waals surface area contributed by atoms with Gasteiger partial charge in [0.25, 0.3) is 0 Å². The number of nitrogens with zero attached hydrogens (tertiary/aromatic N) is 1. The van der Waals surface area contributed by atoms with E-state index in [1.165, 1.54) is 12.1 Å². The molecule has 0 unspecified atom stereocenters. The summed E-state index contributed by atoms with van der Waals surface area (Å²) in [7, 11) is 0. The van der Waals surface area contributed by atoms with Gasteiger partial charge in [-0.3, -0.25) is 0 Å². The third kappa shape index (κ3) is 2.33. The van der Waals surface area contributed by atoms with Crippen LogP contribution in [0.15, 0.2) is 18.2 Å². The normalized spacial score (nSPS) is 11.1. The quantitative estimate of drug-likeness (QED) is 0.755. The lowest BCUT2D eigenvalue weighted by atomic mass is 10.2. The maximum atomic E-state index is 12.9. The number of hydrogen-bond acceptors (Lipinski definition) is 2. The van der Waals surface area contributed by atoms with Crippen molar-refractivity contribution in [2.45, 2.75) is 19.3 Å². The Balaban J connectivity index is 2.16. The molecule has 3 nitrogen and oxygen atoms in total. The highest BCUT2D eigenvalue weighted by molar-refractivity contribution is 5.74. The zero-order valence-corrected chi connectivity index (χ0v) is 8.33. The summed E-state index contributed by atoms with van der Waals surface area (Å²) in [5.41, 5.74) is 1.52. The lowest BCUT2D eigenvalue weighted by Gasteiger charge is -1.93. The van der Waals surface area contributed by atoms with Gasteiger partial charge in [0.15, 0.2) is 0 Å². The number of aromatic amines is 1. The number of aromatic nitrogens is 2. The molecular formula is C11H13FN2O. The van der Waals surface area contributed by atoms with Crippen LogP contribution in [0.2, 0.25) is 0 Å². The van der Waals surface area contributed by atoms with Gasteiger partial charge in [-0.05, 0) is 31.0 Å². The lowest BCUT2D eigenvalue weighted by molar-refractivity contribution is 0.284. The largest absolute Gasteiger partial charge is 0.396 e. The van der Waals surface area contributed by atoms with E-state index in [0.29, 0.717) is 0 Å². The van der Waals surface area contributed by atoms with Gasteiger partial charge in [-0.25, -0.2) is 9.37 Å². The summed E-state index contributed by atoms with van der Waals surface area (Å²) in [6, 6.07) is 4.51. The zero-order chi connectivity index (χ0) is 10.7. The summed E-state index contributed by atoms with van der Waals surface area (Å²) in [5.74, 6) is 0.595. The molecule has 15 heavy (non-hydrogen) atoms. The highest BCUT2D eigenvalue weighted by Gasteiger charge is 2.03. The summed E-state index contributed by atoms with van der Waals surface area (Å²) in [4.78, 5) is 7.38. The number of nitrogens with one attached hydrogen (secondary N) is 1.